The molecule has 0 bridgehead atoms. The van der Waals surface area contributed by atoms with E-state index in [2.05, 4.69) is 0 Å². The van der Waals surface area contributed by atoms with Crippen LogP contribution in [0.5, 0.6) is 0 Å². The van der Waals surface area contributed by atoms with Gasteiger partial charge in [0.1, 0.15) is 0 Å². The fourth-order valence-corrected chi connectivity index (χ4v) is 2.85. The summed E-state index contributed by atoms with van der Waals surface area (Å²) in [5.41, 5.74) is 0. The quantitative estimate of drug-likeness (QED) is 0.694. The smallest absolute Gasteiger partial charge is 0.235 e. The molecule has 74 valence electrons. The van der Waals surface area contributed by atoms with Crippen molar-refractivity contribution in [2.75, 3.05) is 5.75 Å². The lowest BCUT2D eigenvalue weighted by Gasteiger charge is -2.26. The minimum Gasteiger partial charge on any atom is -0.271 e. The van der Waals surface area contributed by atoms with Crippen LogP contribution in [0.2, 0.25) is 0 Å². The first-order chi connectivity index (χ1) is 6.08. The van der Waals surface area contributed by atoms with Crippen molar-refractivity contribution in [3.8, 4) is 0 Å². The molecule has 0 N–H and O–H groups in total. The van der Waals surface area contributed by atoms with Crippen LogP contribution >= 0.6 is 0 Å². The Morgan fingerprint density at radius 3 is 2.62 bits per heavy atom. The van der Waals surface area contributed by atoms with Gasteiger partial charge in [0.2, 0.25) is 10.0 Å². The first-order valence-electron chi connectivity index (χ1n) is 4.44. The van der Waals surface area contributed by atoms with Crippen LogP contribution in [-0.4, -0.2) is 24.5 Å². The Bertz CT molecular complexity index is 317. The van der Waals surface area contributed by atoms with Crippen LogP contribution in [0.3, 0.4) is 0 Å². The second-order valence-corrected chi connectivity index (χ2v) is 5.11. The molecule has 1 rings (SSSR count). The van der Waals surface area contributed by atoms with Gasteiger partial charge in [-0.2, -0.15) is 0 Å². The molecule has 1 atom stereocenters. The van der Waals surface area contributed by atoms with Crippen LogP contribution in [0, 0.1) is 0 Å². The molecule has 0 saturated heterocycles. The standard InChI is InChI=1S/C9H15NO2S/c1-3-8-13(11,12)10-7-5-4-6-9(10)2/h4-7,9H,3,8H2,1-2H3. The van der Waals surface area contributed by atoms with E-state index >= 15 is 0 Å². The molecular formula is C9H15NO2S. The van der Waals surface area contributed by atoms with E-state index in [0.29, 0.717) is 6.42 Å². The zero-order valence-corrected chi connectivity index (χ0v) is 8.79. The van der Waals surface area contributed by atoms with Gasteiger partial charge in [0.05, 0.1) is 11.8 Å². The van der Waals surface area contributed by atoms with Crippen molar-refractivity contribution in [1.29, 1.82) is 0 Å². The Labute approximate surface area is 79.8 Å². The van der Waals surface area contributed by atoms with E-state index in [4.69, 9.17) is 0 Å². The predicted molar refractivity (Wildman–Crippen MR) is 53.7 cm³/mol. The SMILES string of the molecule is CCCS(=O)(=O)N1C=CC=CC1C. The molecule has 0 spiro atoms. The molecule has 0 amide bonds. The summed E-state index contributed by atoms with van der Waals surface area (Å²) in [6, 6.07) is -0.0541. The van der Waals surface area contributed by atoms with Crippen LogP contribution in [0.25, 0.3) is 0 Å². The van der Waals surface area contributed by atoms with Gasteiger partial charge in [-0.3, -0.25) is 4.31 Å². The minimum absolute atomic E-state index is 0.0541. The van der Waals surface area contributed by atoms with Crippen molar-refractivity contribution in [3.63, 3.8) is 0 Å². The molecule has 1 aliphatic rings. The van der Waals surface area contributed by atoms with Crippen LogP contribution in [0.1, 0.15) is 20.3 Å². The van der Waals surface area contributed by atoms with Crippen LogP contribution in [0.4, 0.5) is 0 Å². The molecule has 0 fully saturated rings. The maximum Gasteiger partial charge on any atom is 0.235 e. The van der Waals surface area contributed by atoms with Gasteiger partial charge in [-0.25, -0.2) is 8.42 Å². The Morgan fingerprint density at radius 1 is 1.38 bits per heavy atom. The van der Waals surface area contributed by atoms with Crippen molar-refractivity contribution >= 4 is 10.0 Å². The summed E-state index contributed by atoms with van der Waals surface area (Å²) in [6.07, 6.45) is 7.75. The van der Waals surface area contributed by atoms with Gasteiger partial charge in [0.25, 0.3) is 0 Å². The zero-order chi connectivity index (χ0) is 9.90. The summed E-state index contributed by atoms with van der Waals surface area (Å²) in [5, 5.41) is 0. The molecule has 0 aliphatic carbocycles. The summed E-state index contributed by atoms with van der Waals surface area (Å²) >= 11 is 0. The van der Waals surface area contributed by atoms with Gasteiger partial charge < -0.3 is 0 Å². The molecule has 1 unspecified atom stereocenters. The fourth-order valence-electron chi connectivity index (χ4n) is 1.29. The summed E-state index contributed by atoms with van der Waals surface area (Å²) in [6.45, 7) is 3.74. The summed E-state index contributed by atoms with van der Waals surface area (Å²) in [7, 11) is -3.09. The highest BCUT2D eigenvalue weighted by molar-refractivity contribution is 7.89. The lowest BCUT2D eigenvalue weighted by atomic mass is 10.2. The summed E-state index contributed by atoms with van der Waals surface area (Å²) in [5.74, 6) is 0.218. The largest absolute Gasteiger partial charge is 0.271 e. The van der Waals surface area contributed by atoms with E-state index in [0.717, 1.165) is 0 Å². The van der Waals surface area contributed by atoms with Crippen molar-refractivity contribution in [2.24, 2.45) is 0 Å². The third kappa shape index (κ3) is 2.34. The lowest BCUT2D eigenvalue weighted by Crippen LogP contribution is -2.35. The van der Waals surface area contributed by atoms with Crippen molar-refractivity contribution in [3.05, 3.63) is 24.4 Å². The van der Waals surface area contributed by atoms with Gasteiger partial charge in [-0.15, -0.1) is 0 Å². The monoisotopic (exact) mass is 201 g/mol. The normalized spacial score (nSPS) is 22.3. The lowest BCUT2D eigenvalue weighted by molar-refractivity contribution is 0.463. The number of nitrogens with zero attached hydrogens (tertiary/aromatic N) is 1. The van der Waals surface area contributed by atoms with Crippen LogP contribution in [0.15, 0.2) is 24.4 Å². The van der Waals surface area contributed by atoms with E-state index < -0.39 is 10.0 Å². The van der Waals surface area contributed by atoms with Crippen LogP contribution < -0.4 is 0 Å². The molecule has 1 heterocycles. The van der Waals surface area contributed by atoms with Gasteiger partial charge in [-0.1, -0.05) is 19.1 Å². The summed E-state index contributed by atoms with van der Waals surface area (Å²) in [4.78, 5) is 0. The Kier molecular flexibility index (Phi) is 3.14. The zero-order valence-electron chi connectivity index (χ0n) is 7.97. The molecule has 0 aromatic heterocycles. The van der Waals surface area contributed by atoms with Gasteiger partial charge in [0.15, 0.2) is 0 Å². The maximum atomic E-state index is 11.6. The maximum absolute atomic E-state index is 11.6. The summed E-state index contributed by atoms with van der Waals surface area (Å²) < 4.78 is 24.7. The molecule has 0 aromatic rings. The highest BCUT2D eigenvalue weighted by atomic mass is 32.2. The molecular weight excluding hydrogens is 186 g/mol. The second-order valence-electron chi connectivity index (χ2n) is 3.11. The van der Waals surface area contributed by atoms with Crippen LogP contribution in [-0.2, 0) is 10.0 Å². The molecule has 3 nitrogen and oxygen atoms in total. The number of rotatable bonds is 3. The molecule has 0 aromatic carbocycles. The molecule has 0 saturated carbocycles. The average Bonchev–Trinajstić information content (AvgIpc) is 2.04. The van der Waals surface area contributed by atoms with E-state index in [9.17, 15) is 8.42 Å². The third-order valence-electron chi connectivity index (χ3n) is 1.92. The Balaban J connectivity index is 2.83. The highest BCUT2D eigenvalue weighted by Crippen LogP contribution is 2.14. The average molecular weight is 201 g/mol. The number of allylic oxidation sites excluding steroid dienone is 2. The van der Waals surface area contributed by atoms with Crippen molar-refractivity contribution in [1.82, 2.24) is 4.31 Å². The second kappa shape index (κ2) is 3.96. The number of hydrogen-bond acceptors (Lipinski definition) is 2. The van der Waals surface area contributed by atoms with E-state index in [1.807, 2.05) is 26.0 Å². The number of hydrogen-bond donors (Lipinski definition) is 0. The first kappa shape index (κ1) is 10.3. The first-order valence-corrected chi connectivity index (χ1v) is 6.05. The van der Waals surface area contributed by atoms with E-state index in [1.165, 1.54) is 4.31 Å². The predicted octanol–water partition coefficient (Wildman–Crippen LogP) is 1.50. The molecule has 4 heteroatoms. The van der Waals surface area contributed by atoms with Gasteiger partial charge in [-0.05, 0) is 19.4 Å². The third-order valence-corrected chi connectivity index (χ3v) is 3.94. The Hall–Kier alpha value is -0.770. The van der Waals surface area contributed by atoms with Gasteiger partial charge in [0, 0.05) is 6.20 Å². The number of sulfonamides is 1. The van der Waals surface area contributed by atoms with E-state index in [-0.39, 0.29) is 11.8 Å². The van der Waals surface area contributed by atoms with Gasteiger partial charge >= 0.3 is 0 Å². The van der Waals surface area contributed by atoms with E-state index in [1.54, 1.807) is 12.3 Å². The Morgan fingerprint density at radius 2 is 2.08 bits per heavy atom. The molecule has 1 aliphatic heterocycles. The molecule has 0 radical (unpaired) electrons. The van der Waals surface area contributed by atoms with Crippen molar-refractivity contribution < 1.29 is 8.42 Å². The van der Waals surface area contributed by atoms with Crippen molar-refractivity contribution in [2.45, 2.75) is 26.3 Å². The topological polar surface area (TPSA) is 37.4 Å². The highest BCUT2D eigenvalue weighted by Gasteiger charge is 2.22. The minimum atomic E-state index is -3.09. The molecule has 13 heavy (non-hydrogen) atoms. The fraction of sp³-hybridized carbons (Fsp3) is 0.556.